The molecule has 0 unspecified atom stereocenters. The first kappa shape index (κ1) is 17.2. The zero-order chi connectivity index (χ0) is 18.6. The Morgan fingerprint density at radius 3 is 2.56 bits per heavy atom. The van der Waals surface area contributed by atoms with Gasteiger partial charge in [0.15, 0.2) is 5.82 Å². The fourth-order valence-corrected chi connectivity index (χ4v) is 3.34. The second-order valence-electron chi connectivity index (χ2n) is 6.57. The average molecular weight is 365 g/mol. The number of nitrogens with one attached hydrogen (secondary N) is 1. The smallest absolute Gasteiger partial charge is 0.251 e. The minimum atomic E-state index is -0.420. The van der Waals surface area contributed by atoms with E-state index in [0.29, 0.717) is 11.3 Å². The van der Waals surface area contributed by atoms with Gasteiger partial charge in [-0.1, -0.05) is 0 Å². The van der Waals surface area contributed by atoms with Crippen molar-refractivity contribution in [3.8, 4) is 5.69 Å². The molecule has 4 rings (SSSR count). The van der Waals surface area contributed by atoms with Crippen LogP contribution < -0.4 is 10.2 Å². The van der Waals surface area contributed by atoms with E-state index in [1.807, 2.05) is 24.3 Å². The molecule has 2 aromatic heterocycles. The molecule has 1 aliphatic rings. The quantitative estimate of drug-likeness (QED) is 0.772. The molecule has 1 fully saturated rings. The zero-order valence-electron chi connectivity index (χ0n) is 14.8. The summed E-state index contributed by atoms with van der Waals surface area (Å²) in [6.45, 7) is 1.59. The van der Waals surface area contributed by atoms with Gasteiger partial charge in [-0.05, 0) is 55.3 Å². The number of halogens is 1. The van der Waals surface area contributed by atoms with Crippen LogP contribution >= 0.6 is 0 Å². The molecule has 0 atom stereocenters. The fraction of sp³-hybridized carbons (Fsp3) is 0.250. The van der Waals surface area contributed by atoms with Gasteiger partial charge in [0.2, 0.25) is 0 Å². The number of amides is 1. The first-order valence-electron chi connectivity index (χ1n) is 8.97. The molecule has 1 aliphatic heterocycles. The van der Waals surface area contributed by atoms with E-state index in [1.54, 1.807) is 35.3 Å². The Bertz CT molecular complexity index is 905. The summed E-state index contributed by atoms with van der Waals surface area (Å²) in [6, 6.07) is 12.1. The fourth-order valence-electron chi connectivity index (χ4n) is 3.34. The van der Waals surface area contributed by atoms with Gasteiger partial charge >= 0.3 is 0 Å². The number of rotatable bonds is 4. The van der Waals surface area contributed by atoms with Crippen LogP contribution in [-0.2, 0) is 0 Å². The monoisotopic (exact) mass is 365 g/mol. The minimum absolute atomic E-state index is 0.0672. The van der Waals surface area contributed by atoms with E-state index >= 15 is 0 Å². The van der Waals surface area contributed by atoms with E-state index in [4.69, 9.17) is 0 Å². The number of piperidine rings is 1. The van der Waals surface area contributed by atoms with Crippen LogP contribution in [0.5, 0.6) is 0 Å². The summed E-state index contributed by atoms with van der Waals surface area (Å²) in [5.74, 6) is 0.187. The maximum Gasteiger partial charge on any atom is 0.251 e. The van der Waals surface area contributed by atoms with Crippen LogP contribution in [0.1, 0.15) is 23.2 Å². The molecule has 3 heterocycles. The van der Waals surface area contributed by atoms with Crippen LogP contribution in [0.15, 0.2) is 61.1 Å². The highest BCUT2D eigenvalue weighted by atomic mass is 19.1. The van der Waals surface area contributed by atoms with Crippen molar-refractivity contribution in [2.75, 3.05) is 18.0 Å². The second-order valence-corrected chi connectivity index (χ2v) is 6.57. The van der Waals surface area contributed by atoms with Crippen LogP contribution in [0.2, 0.25) is 0 Å². The number of carbonyl (C=O) groups excluding carboxylic acids is 1. The Morgan fingerprint density at radius 1 is 1.11 bits per heavy atom. The van der Waals surface area contributed by atoms with Crippen LogP contribution in [0.4, 0.5) is 10.2 Å². The van der Waals surface area contributed by atoms with Crippen LogP contribution in [-0.4, -0.2) is 39.8 Å². The third-order valence-corrected chi connectivity index (χ3v) is 4.80. The molecular formula is C20H20FN5O. The summed E-state index contributed by atoms with van der Waals surface area (Å²) in [7, 11) is 0. The first-order chi connectivity index (χ1) is 13.2. The number of anilines is 1. The van der Waals surface area contributed by atoms with E-state index in [9.17, 15) is 9.18 Å². The molecule has 1 amide bonds. The normalized spacial score (nSPS) is 14.9. The van der Waals surface area contributed by atoms with Crippen molar-refractivity contribution in [3.63, 3.8) is 0 Å². The van der Waals surface area contributed by atoms with Crippen molar-refractivity contribution in [3.05, 3.63) is 72.4 Å². The molecule has 7 heteroatoms. The molecule has 27 heavy (non-hydrogen) atoms. The first-order valence-corrected chi connectivity index (χ1v) is 8.97. The van der Waals surface area contributed by atoms with Crippen LogP contribution in [0.25, 0.3) is 5.69 Å². The van der Waals surface area contributed by atoms with E-state index < -0.39 is 5.82 Å². The maximum atomic E-state index is 14.4. The Hall–Kier alpha value is -3.22. The van der Waals surface area contributed by atoms with Gasteiger partial charge in [-0.25, -0.2) is 4.39 Å². The molecule has 3 aromatic rings. The van der Waals surface area contributed by atoms with Crippen LogP contribution in [0, 0.1) is 5.82 Å². The molecule has 6 nitrogen and oxygen atoms in total. The third kappa shape index (κ3) is 3.81. The highest BCUT2D eigenvalue weighted by molar-refractivity contribution is 5.94. The number of hydrogen-bond acceptors (Lipinski definition) is 4. The zero-order valence-corrected chi connectivity index (χ0v) is 14.8. The highest BCUT2D eigenvalue weighted by Crippen LogP contribution is 2.18. The molecule has 1 N–H and O–H groups in total. The molecule has 0 bridgehead atoms. The van der Waals surface area contributed by atoms with Gasteiger partial charge in [-0.3, -0.25) is 4.79 Å². The van der Waals surface area contributed by atoms with Crippen molar-refractivity contribution in [2.45, 2.75) is 18.9 Å². The summed E-state index contributed by atoms with van der Waals surface area (Å²) >= 11 is 0. The maximum absolute atomic E-state index is 14.4. The predicted molar refractivity (Wildman–Crippen MR) is 100 cm³/mol. The Labute approximate surface area is 156 Å². The van der Waals surface area contributed by atoms with E-state index in [-0.39, 0.29) is 11.9 Å². The summed E-state index contributed by atoms with van der Waals surface area (Å²) in [5.41, 5.74) is 0.758. The lowest BCUT2D eigenvalue weighted by Crippen LogP contribution is -2.45. The van der Waals surface area contributed by atoms with E-state index in [1.165, 1.54) is 6.07 Å². The van der Waals surface area contributed by atoms with E-state index in [0.717, 1.165) is 31.7 Å². The van der Waals surface area contributed by atoms with Crippen molar-refractivity contribution in [2.24, 2.45) is 0 Å². The van der Waals surface area contributed by atoms with Gasteiger partial charge in [0.05, 0.1) is 5.69 Å². The van der Waals surface area contributed by atoms with Gasteiger partial charge in [-0.2, -0.15) is 5.10 Å². The van der Waals surface area contributed by atoms with Gasteiger partial charge in [-0.15, -0.1) is 5.10 Å². The summed E-state index contributed by atoms with van der Waals surface area (Å²) in [5, 5.41) is 11.0. The lowest BCUT2D eigenvalue weighted by atomic mass is 10.0. The lowest BCUT2D eigenvalue weighted by Gasteiger charge is -2.32. The number of hydrogen-bond donors (Lipinski definition) is 1. The molecular weight excluding hydrogens is 345 g/mol. The van der Waals surface area contributed by atoms with Gasteiger partial charge in [0, 0.05) is 43.3 Å². The molecule has 0 radical (unpaired) electrons. The number of nitrogens with zero attached hydrogens (tertiary/aromatic N) is 4. The molecule has 0 saturated carbocycles. The molecule has 1 saturated heterocycles. The van der Waals surface area contributed by atoms with Crippen LogP contribution in [0.3, 0.4) is 0 Å². The standard InChI is InChI=1S/C20H20FN5O/c21-17-14-15(5-6-18(17)25-10-1-2-11-25)20(27)23-16-7-12-26(13-8-16)19-4-3-9-22-24-19/h1-6,9-11,14,16H,7-8,12-13H2,(H,23,27). The number of carbonyl (C=O) groups is 1. The van der Waals surface area contributed by atoms with Crippen molar-refractivity contribution in [1.29, 1.82) is 0 Å². The van der Waals surface area contributed by atoms with Crippen molar-refractivity contribution < 1.29 is 9.18 Å². The van der Waals surface area contributed by atoms with Crippen molar-refractivity contribution in [1.82, 2.24) is 20.1 Å². The lowest BCUT2D eigenvalue weighted by molar-refractivity contribution is 0.0930. The summed E-state index contributed by atoms with van der Waals surface area (Å²) < 4.78 is 16.1. The average Bonchev–Trinajstić information content (AvgIpc) is 3.23. The highest BCUT2D eigenvalue weighted by Gasteiger charge is 2.22. The molecule has 0 aliphatic carbocycles. The van der Waals surface area contributed by atoms with E-state index in [2.05, 4.69) is 20.4 Å². The molecule has 138 valence electrons. The van der Waals surface area contributed by atoms with Gasteiger partial charge < -0.3 is 14.8 Å². The molecule has 0 spiro atoms. The Morgan fingerprint density at radius 2 is 1.89 bits per heavy atom. The summed E-state index contributed by atoms with van der Waals surface area (Å²) in [4.78, 5) is 14.6. The Balaban J connectivity index is 1.37. The molecule has 1 aromatic carbocycles. The van der Waals surface area contributed by atoms with Gasteiger partial charge in [0.1, 0.15) is 5.82 Å². The number of benzene rings is 1. The predicted octanol–water partition coefficient (Wildman–Crippen LogP) is 2.81. The minimum Gasteiger partial charge on any atom is -0.355 e. The van der Waals surface area contributed by atoms with Crippen molar-refractivity contribution >= 4 is 11.7 Å². The van der Waals surface area contributed by atoms with Gasteiger partial charge in [0.25, 0.3) is 5.91 Å². The Kier molecular flexibility index (Phi) is 4.82. The summed E-state index contributed by atoms with van der Waals surface area (Å²) in [6.07, 6.45) is 6.81. The largest absolute Gasteiger partial charge is 0.355 e. The topological polar surface area (TPSA) is 63.1 Å². The SMILES string of the molecule is O=C(NC1CCN(c2cccnn2)CC1)c1ccc(-n2cccc2)c(F)c1. The second kappa shape index (κ2) is 7.57. The number of aromatic nitrogens is 3. The third-order valence-electron chi connectivity index (χ3n) is 4.80.